The molecule has 7 heteroatoms. The lowest BCUT2D eigenvalue weighted by Crippen LogP contribution is -2.35. The lowest BCUT2D eigenvalue weighted by atomic mass is 10.1. The quantitative estimate of drug-likeness (QED) is 0.805. The Balaban J connectivity index is 0.00000180. The minimum atomic E-state index is -0.603. The number of nitrogens with one attached hydrogen (secondary N) is 2. The lowest BCUT2D eigenvalue weighted by molar-refractivity contribution is -0.117. The Morgan fingerprint density at radius 3 is 3.00 bits per heavy atom. The van der Waals surface area contributed by atoms with Gasteiger partial charge in [-0.25, -0.2) is 4.39 Å². The van der Waals surface area contributed by atoms with Gasteiger partial charge in [0.1, 0.15) is 5.82 Å². The molecule has 2 aromatic rings. The third kappa shape index (κ3) is 3.21. The second-order valence-electron chi connectivity index (χ2n) is 4.12. The van der Waals surface area contributed by atoms with Gasteiger partial charge in [-0.3, -0.25) is 9.89 Å². The predicted molar refractivity (Wildman–Crippen MR) is 74.8 cm³/mol. The van der Waals surface area contributed by atoms with Gasteiger partial charge in [-0.15, -0.1) is 12.4 Å². The van der Waals surface area contributed by atoms with Crippen molar-refractivity contribution in [3.8, 4) is 0 Å². The van der Waals surface area contributed by atoms with E-state index in [2.05, 4.69) is 15.5 Å². The number of carbonyl (C=O) groups excluding carboxylic acids is 1. The van der Waals surface area contributed by atoms with E-state index in [1.54, 1.807) is 12.1 Å². The second kappa shape index (κ2) is 6.49. The van der Waals surface area contributed by atoms with Crippen molar-refractivity contribution in [3.63, 3.8) is 0 Å². The maximum atomic E-state index is 13.6. The summed E-state index contributed by atoms with van der Waals surface area (Å²) < 4.78 is 13.6. The summed E-state index contributed by atoms with van der Waals surface area (Å²) in [4.78, 5) is 11.7. The zero-order valence-corrected chi connectivity index (χ0v) is 11.3. The van der Waals surface area contributed by atoms with Gasteiger partial charge in [-0.1, -0.05) is 19.4 Å². The summed E-state index contributed by atoms with van der Waals surface area (Å²) >= 11 is 0. The van der Waals surface area contributed by atoms with Crippen LogP contribution in [0.1, 0.15) is 19.8 Å². The van der Waals surface area contributed by atoms with Crippen LogP contribution < -0.4 is 11.1 Å². The number of carbonyl (C=O) groups is 1. The van der Waals surface area contributed by atoms with E-state index in [0.29, 0.717) is 11.9 Å². The lowest BCUT2D eigenvalue weighted by Gasteiger charge is -2.09. The van der Waals surface area contributed by atoms with Gasteiger partial charge >= 0.3 is 0 Å². The molecule has 0 fully saturated rings. The Hall–Kier alpha value is -1.66. The molecule has 0 aliphatic carbocycles. The number of aromatic amines is 1. The average molecular weight is 287 g/mol. The van der Waals surface area contributed by atoms with Crippen molar-refractivity contribution in [1.29, 1.82) is 0 Å². The van der Waals surface area contributed by atoms with Crippen molar-refractivity contribution in [2.75, 3.05) is 5.32 Å². The largest absolute Gasteiger partial charge is 0.320 e. The van der Waals surface area contributed by atoms with Crippen LogP contribution in [-0.4, -0.2) is 22.1 Å². The third-order valence-electron chi connectivity index (χ3n) is 2.72. The highest BCUT2D eigenvalue weighted by atomic mass is 35.5. The predicted octanol–water partition coefficient (Wildman–Crippen LogP) is 2.19. The molecular weight excluding hydrogens is 271 g/mol. The van der Waals surface area contributed by atoms with Crippen LogP contribution in [0.5, 0.6) is 0 Å². The fourth-order valence-corrected chi connectivity index (χ4v) is 1.77. The van der Waals surface area contributed by atoms with E-state index in [4.69, 9.17) is 5.73 Å². The summed E-state index contributed by atoms with van der Waals surface area (Å²) in [5, 5.41) is 9.36. The zero-order valence-electron chi connectivity index (χ0n) is 10.4. The van der Waals surface area contributed by atoms with E-state index >= 15 is 0 Å². The van der Waals surface area contributed by atoms with Crippen molar-refractivity contribution in [1.82, 2.24) is 10.2 Å². The molecule has 4 N–H and O–H groups in total. The van der Waals surface area contributed by atoms with Gasteiger partial charge in [0, 0.05) is 0 Å². The number of amides is 1. The van der Waals surface area contributed by atoms with Gasteiger partial charge in [-0.05, 0) is 18.6 Å². The number of nitrogens with zero attached hydrogens (tertiary/aromatic N) is 1. The normalized spacial score (nSPS) is 11.9. The molecule has 0 bridgehead atoms. The monoisotopic (exact) mass is 286 g/mol. The SMILES string of the molecule is CCCC(N)C(=O)Nc1n[nH]c2cccc(F)c12.Cl. The van der Waals surface area contributed by atoms with Crippen LogP contribution in [0, 0.1) is 5.82 Å². The average Bonchev–Trinajstić information content (AvgIpc) is 2.74. The molecule has 1 unspecified atom stereocenters. The Kier molecular flexibility index (Phi) is 5.26. The van der Waals surface area contributed by atoms with Gasteiger partial charge in [-0.2, -0.15) is 5.10 Å². The van der Waals surface area contributed by atoms with Crippen molar-refractivity contribution in [3.05, 3.63) is 24.0 Å². The summed E-state index contributed by atoms with van der Waals surface area (Å²) in [7, 11) is 0. The first-order chi connectivity index (χ1) is 8.63. The van der Waals surface area contributed by atoms with E-state index in [-0.39, 0.29) is 29.5 Å². The van der Waals surface area contributed by atoms with E-state index in [0.717, 1.165) is 6.42 Å². The molecule has 0 aliphatic heterocycles. The molecule has 104 valence electrons. The molecule has 0 saturated carbocycles. The van der Waals surface area contributed by atoms with Crippen LogP contribution in [0.3, 0.4) is 0 Å². The first-order valence-electron chi connectivity index (χ1n) is 5.82. The number of anilines is 1. The van der Waals surface area contributed by atoms with Gasteiger partial charge < -0.3 is 11.1 Å². The maximum absolute atomic E-state index is 13.6. The molecule has 1 aromatic heterocycles. The Bertz CT molecular complexity index is 572. The molecule has 1 aromatic carbocycles. The fraction of sp³-hybridized carbons (Fsp3) is 0.333. The zero-order chi connectivity index (χ0) is 13.1. The van der Waals surface area contributed by atoms with Crippen LogP contribution in [0.4, 0.5) is 10.2 Å². The molecule has 0 spiro atoms. The second-order valence-corrected chi connectivity index (χ2v) is 4.12. The minimum Gasteiger partial charge on any atom is -0.320 e. The molecular formula is C12H16ClFN4O. The summed E-state index contributed by atoms with van der Waals surface area (Å²) in [5.41, 5.74) is 6.22. The molecule has 1 atom stereocenters. The molecule has 0 radical (unpaired) electrons. The molecule has 0 aliphatic rings. The van der Waals surface area contributed by atoms with Gasteiger partial charge in [0.15, 0.2) is 5.82 Å². The Morgan fingerprint density at radius 1 is 1.58 bits per heavy atom. The number of halogens is 2. The fourth-order valence-electron chi connectivity index (χ4n) is 1.77. The van der Waals surface area contributed by atoms with Crippen LogP contribution in [-0.2, 0) is 4.79 Å². The van der Waals surface area contributed by atoms with Gasteiger partial charge in [0.2, 0.25) is 5.91 Å². The number of benzene rings is 1. The van der Waals surface area contributed by atoms with Gasteiger partial charge in [0.05, 0.1) is 16.9 Å². The van der Waals surface area contributed by atoms with Crippen LogP contribution in [0.2, 0.25) is 0 Å². The highest BCUT2D eigenvalue weighted by Gasteiger charge is 2.17. The van der Waals surface area contributed by atoms with Crippen LogP contribution >= 0.6 is 12.4 Å². The summed E-state index contributed by atoms with van der Waals surface area (Å²) in [6.45, 7) is 1.94. The number of nitrogens with two attached hydrogens (primary N) is 1. The first-order valence-corrected chi connectivity index (χ1v) is 5.82. The molecule has 0 saturated heterocycles. The number of hydrogen-bond acceptors (Lipinski definition) is 3. The molecule has 19 heavy (non-hydrogen) atoms. The highest BCUT2D eigenvalue weighted by molar-refractivity contribution is 6.01. The summed E-state index contributed by atoms with van der Waals surface area (Å²) in [6.07, 6.45) is 1.39. The number of hydrogen-bond donors (Lipinski definition) is 3. The number of aromatic nitrogens is 2. The number of H-pyrrole nitrogens is 1. The van der Waals surface area contributed by atoms with Gasteiger partial charge in [0.25, 0.3) is 0 Å². The maximum Gasteiger partial charge on any atom is 0.242 e. The van der Waals surface area contributed by atoms with Crippen molar-refractivity contribution in [2.45, 2.75) is 25.8 Å². The molecule has 1 heterocycles. The molecule has 1 amide bonds. The summed E-state index contributed by atoms with van der Waals surface area (Å²) in [5.74, 6) is -0.603. The third-order valence-corrected chi connectivity index (χ3v) is 2.72. The van der Waals surface area contributed by atoms with Crippen molar-refractivity contribution >= 4 is 35.0 Å². The first kappa shape index (κ1) is 15.4. The van der Waals surface area contributed by atoms with E-state index in [1.807, 2.05) is 6.92 Å². The number of rotatable bonds is 4. The molecule has 5 nitrogen and oxygen atoms in total. The highest BCUT2D eigenvalue weighted by Crippen LogP contribution is 2.23. The van der Waals surface area contributed by atoms with Crippen LogP contribution in [0.15, 0.2) is 18.2 Å². The van der Waals surface area contributed by atoms with E-state index in [1.165, 1.54) is 6.07 Å². The summed E-state index contributed by atoms with van der Waals surface area (Å²) in [6, 6.07) is 3.98. The van der Waals surface area contributed by atoms with Crippen LogP contribution in [0.25, 0.3) is 10.9 Å². The van der Waals surface area contributed by atoms with E-state index in [9.17, 15) is 9.18 Å². The minimum absolute atomic E-state index is 0. The van der Waals surface area contributed by atoms with Crippen molar-refractivity contribution < 1.29 is 9.18 Å². The smallest absolute Gasteiger partial charge is 0.242 e. The topological polar surface area (TPSA) is 83.8 Å². The van der Waals surface area contributed by atoms with Crippen molar-refractivity contribution in [2.24, 2.45) is 5.73 Å². The Labute approximate surface area is 116 Å². The number of fused-ring (bicyclic) bond motifs is 1. The molecule has 2 rings (SSSR count). The van der Waals surface area contributed by atoms with E-state index < -0.39 is 11.9 Å². The standard InChI is InChI=1S/C12H15FN4O.ClH/c1-2-4-8(14)12(18)15-11-10-7(13)5-3-6-9(10)16-17-11;/h3,5-6,8H,2,4,14H2,1H3,(H2,15,16,17,18);1H. The Morgan fingerprint density at radius 2 is 2.32 bits per heavy atom.